The van der Waals surface area contributed by atoms with Crippen molar-refractivity contribution in [1.29, 1.82) is 0 Å². The number of carbonyl (C=O) groups is 1. The average molecular weight is 216 g/mol. The van der Waals surface area contributed by atoms with Gasteiger partial charge in [-0.3, -0.25) is 4.79 Å². The van der Waals surface area contributed by atoms with Crippen molar-refractivity contribution < 1.29 is 9.90 Å². The number of nitrogens with zero attached hydrogens (tertiary/aromatic N) is 2. The molecule has 0 bridgehead atoms. The molecule has 76 valence electrons. The van der Waals surface area contributed by atoms with Crippen LogP contribution in [0.1, 0.15) is 17.4 Å². The number of hydrogen-bond donors (Lipinski definition) is 2. The number of carbonyl (C=O) groups excluding carboxylic acids is 1. The molecule has 2 N–H and O–H groups in total. The topological polar surface area (TPSA) is 75.1 Å². The maximum atomic E-state index is 11.3. The quantitative estimate of drug-likeness (QED) is 0.758. The maximum absolute atomic E-state index is 11.3. The second-order valence-corrected chi connectivity index (χ2v) is 3.19. The van der Waals surface area contributed by atoms with Crippen molar-refractivity contribution in [2.75, 3.05) is 6.54 Å². The molecule has 1 aromatic rings. The monoisotopic (exact) mass is 215 g/mol. The molecule has 1 rings (SSSR count). The van der Waals surface area contributed by atoms with Crippen LogP contribution >= 0.6 is 11.6 Å². The molecule has 0 aliphatic heterocycles. The molecular formula is C8H10ClN3O2. The van der Waals surface area contributed by atoms with Crippen molar-refractivity contribution in [3.8, 4) is 0 Å². The van der Waals surface area contributed by atoms with Gasteiger partial charge in [0.2, 0.25) is 0 Å². The van der Waals surface area contributed by atoms with E-state index in [1.807, 2.05) is 0 Å². The Labute approximate surface area is 86.1 Å². The van der Waals surface area contributed by atoms with Gasteiger partial charge in [0.05, 0.1) is 6.10 Å². The summed E-state index contributed by atoms with van der Waals surface area (Å²) in [5, 5.41) is 18.7. The number of rotatable bonds is 3. The third-order valence-corrected chi connectivity index (χ3v) is 1.62. The second-order valence-electron chi connectivity index (χ2n) is 2.80. The molecule has 1 amide bonds. The fraction of sp³-hybridized carbons (Fsp3) is 0.375. The fourth-order valence-electron chi connectivity index (χ4n) is 0.768. The summed E-state index contributed by atoms with van der Waals surface area (Å²) in [6.07, 6.45) is -0.584. The van der Waals surface area contributed by atoms with Crippen LogP contribution in [0.15, 0.2) is 12.1 Å². The molecular weight excluding hydrogens is 206 g/mol. The van der Waals surface area contributed by atoms with Crippen molar-refractivity contribution in [2.24, 2.45) is 0 Å². The summed E-state index contributed by atoms with van der Waals surface area (Å²) in [6, 6.07) is 2.94. The minimum atomic E-state index is -0.584. The normalized spacial score (nSPS) is 12.2. The third kappa shape index (κ3) is 3.27. The lowest BCUT2D eigenvalue weighted by Crippen LogP contribution is -2.31. The highest BCUT2D eigenvalue weighted by Crippen LogP contribution is 2.01. The van der Waals surface area contributed by atoms with Crippen molar-refractivity contribution >= 4 is 17.5 Å². The summed E-state index contributed by atoms with van der Waals surface area (Å²) in [5.74, 6) is -0.380. The second kappa shape index (κ2) is 4.88. The van der Waals surface area contributed by atoms with E-state index < -0.39 is 6.10 Å². The zero-order valence-electron chi connectivity index (χ0n) is 7.57. The van der Waals surface area contributed by atoms with Crippen molar-refractivity contribution in [3.63, 3.8) is 0 Å². The molecule has 0 spiro atoms. The van der Waals surface area contributed by atoms with E-state index in [0.29, 0.717) is 0 Å². The Kier molecular flexibility index (Phi) is 3.79. The van der Waals surface area contributed by atoms with E-state index in [0.717, 1.165) is 0 Å². The Morgan fingerprint density at radius 2 is 2.36 bits per heavy atom. The SMILES string of the molecule is C[C@@H](O)CNC(=O)c1ccc(Cl)nn1. The van der Waals surface area contributed by atoms with Gasteiger partial charge in [-0.15, -0.1) is 10.2 Å². The third-order valence-electron chi connectivity index (χ3n) is 1.42. The largest absolute Gasteiger partial charge is 0.392 e. The molecule has 0 aliphatic carbocycles. The van der Waals surface area contributed by atoms with Gasteiger partial charge < -0.3 is 10.4 Å². The molecule has 0 aliphatic rings. The smallest absolute Gasteiger partial charge is 0.271 e. The summed E-state index contributed by atoms with van der Waals surface area (Å²) < 4.78 is 0. The molecule has 1 aromatic heterocycles. The Morgan fingerprint density at radius 3 is 2.86 bits per heavy atom. The number of amides is 1. The Bertz CT molecular complexity index is 313. The molecule has 5 nitrogen and oxygen atoms in total. The number of aliphatic hydroxyl groups is 1. The fourth-order valence-corrected chi connectivity index (χ4v) is 0.869. The van der Waals surface area contributed by atoms with Crippen LogP contribution in [0.4, 0.5) is 0 Å². The number of nitrogens with one attached hydrogen (secondary N) is 1. The Hall–Kier alpha value is -1.20. The zero-order valence-corrected chi connectivity index (χ0v) is 8.32. The Morgan fingerprint density at radius 1 is 1.64 bits per heavy atom. The lowest BCUT2D eigenvalue weighted by Gasteiger charge is -2.05. The van der Waals surface area contributed by atoms with Crippen LogP contribution in [0.5, 0.6) is 0 Å². The molecule has 1 atom stereocenters. The molecule has 6 heteroatoms. The first-order valence-corrected chi connectivity index (χ1v) is 4.43. The standard InChI is InChI=1S/C8H10ClN3O2/c1-5(13)4-10-8(14)6-2-3-7(9)12-11-6/h2-3,5,13H,4H2,1H3,(H,10,14)/t5-/m1/s1. The maximum Gasteiger partial charge on any atom is 0.271 e. The van der Waals surface area contributed by atoms with Crippen molar-refractivity contribution in [1.82, 2.24) is 15.5 Å². The predicted molar refractivity (Wildman–Crippen MR) is 51.1 cm³/mol. The molecule has 0 unspecified atom stereocenters. The van der Waals surface area contributed by atoms with Crippen LogP contribution in [0, 0.1) is 0 Å². The number of aromatic nitrogens is 2. The van der Waals surface area contributed by atoms with Crippen LogP contribution in [-0.2, 0) is 0 Å². The minimum absolute atomic E-state index is 0.176. The van der Waals surface area contributed by atoms with Crippen molar-refractivity contribution in [2.45, 2.75) is 13.0 Å². The summed E-state index contributed by atoms with van der Waals surface area (Å²) >= 11 is 5.50. The lowest BCUT2D eigenvalue weighted by molar-refractivity contribution is 0.0918. The van der Waals surface area contributed by atoms with E-state index in [9.17, 15) is 4.79 Å². The molecule has 0 radical (unpaired) electrons. The first-order chi connectivity index (χ1) is 6.59. The zero-order chi connectivity index (χ0) is 10.6. The van der Waals surface area contributed by atoms with E-state index in [1.165, 1.54) is 12.1 Å². The molecule has 0 aromatic carbocycles. The lowest BCUT2D eigenvalue weighted by atomic mass is 10.3. The van der Waals surface area contributed by atoms with Gasteiger partial charge >= 0.3 is 0 Å². The highest BCUT2D eigenvalue weighted by molar-refractivity contribution is 6.29. The Balaban J connectivity index is 2.57. The van der Waals surface area contributed by atoms with Crippen LogP contribution < -0.4 is 5.32 Å². The summed E-state index contributed by atoms with van der Waals surface area (Å²) in [5.41, 5.74) is 0.176. The van der Waals surface area contributed by atoms with Crippen LogP contribution in [0.25, 0.3) is 0 Å². The minimum Gasteiger partial charge on any atom is -0.392 e. The molecule has 0 saturated carbocycles. The summed E-state index contributed by atoms with van der Waals surface area (Å²) in [4.78, 5) is 11.3. The summed E-state index contributed by atoms with van der Waals surface area (Å²) in [6.45, 7) is 1.76. The first kappa shape index (κ1) is 10.9. The molecule has 0 saturated heterocycles. The molecule has 1 heterocycles. The van der Waals surface area contributed by atoms with Gasteiger partial charge in [-0.25, -0.2) is 0 Å². The van der Waals surface area contributed by atoms with Gasteiger partial charge in [-0.2, -0.15) is 0 Å². The van der Waals surface area contributed by atoms with E-state index in [1.54, 1.807) is 6.92 Å². The van der Waals surface area contributed by atoms with Crippen molar-refractivity contribution in [3.05, 3.63) is 23.0 Å². The first-order valence-electron chi connectivity index (χ1n) is 4.05. The van der Waals surface area contributed by atoms with E-state index in [4.69, 9.17) is 16.7 Å². The number of aliphatic hydroxyl groups excluding tert-OH is 1. The van der Waals surface area contributed by atoms with Gasteiger partial charge in [-0.05, 0) is 19.1 Å². The van der Waals surface area contributed by atoms with Gasteiger partial charge in [0.25, 0.3) is 5.91 Å². The molecule has 14 heavy (non-hydrogen) atoms. The van der Waals surface area contributed by atoms with E-state index in [2.05, 4.69) is 15.5 Å². The number of halogens is 1. The van der Waals surface area contributed by atoms with Crippen LogP contribution in [-0.4, -0.2) is 33.9 Å². The van der Waals surface area contributed by atoms with E-state index >= 15 is 0 Å². The summed E-state index contributed by atoms with van der Waals surface area (Å²) in [7, 11) is 0. The number of hydrogen-bond acceptors (Lipinski definition) is 4. The van der Waals surface area contributed by atoms with Gasteiger partial charge in [0, 0.05) is 6.54 Å². The van der Waals surface area contributed by atoms with Gasteiger partial charge in [-0.1, -0.05) is 11.6 Å². The van der Waals surface area contributed by atoms with Gasteiger partial charge in [0.1, 0.15) is 0 Å². The van der Waals surface area contributed by atoms with E-state index in [-0.39, 0.29) is 23.3 Å². The average Bonchev–Trinajstić information content (AvgIpc) is 2.15. The predicted octanol–water partition coefficient (Wildman–Crippen LogP) is 0.241. The van der Waals surface area contributed by atoms with Crippen LogP contribution in [0.3, 0.4) is 0 Å². The highest BCUT2D eigenvalue weighted by Gasteiger charge is 2.07. The molecule has 0 fully saturated rings. The highest BCUT2D eigenvalue weighted by atomic mass is 35.5. The van der Waals surface area contributed by atoms with Gasteiger partial charge in [0.15, 0.2) is 10.8 Å². The van der Waals surface area contributed by atoms with Crippen LogP contribution in [0.2, 0.25) is 5.15 Å².